The van der Waals surface area contributed by atoms with Crippen LogP contribution < -0.4 is 5.32 Å². The van der Waals surface area contributed by atoms with E-state index in [9.17, 15) is 9.59 Å². The normalized spacial score (nSPS) is 9.81. The predicted octanol–water partition coefficient (Wildman–Crippen LogP) is 1.47. The van der Waals surface area contributed by atoms with Crippen molar-refractivity contribution in [3.63, 3.8) is 0 Å². The zero-order valence-electron chi connectivity index (χ0n) is 8.84. The van der Waals surface area contributed by atoms with Gasteiger partial charge < -0.3 is 10.0 Å². The summed E-state index contributed by atoms with van der Waals surface area (Å²) in [4.78, 5) is 27.3. The Balaban J connectivity index is 2.56. The van der Waals surface area contributed by atoms with Crippen molar-refractivity contribution in [1.29, 1.82) is 0 Å². The molecule has 7 heteroatoms. The third kappa shape index (κ3) is 3.85. The van der Waals surface area contributed by atoms with Crippen molar-refractivity contribution in [3.8, 4) is 0 Å². The minimum absolute atomic E-state index is 0.301. The highest BCUT2D eigenvalue weighted by atomic mass is 32.1. The van der Waals surface area contributed by atoms with Crippen LogP contribution in [0.1, 0.15) is 13.3 Å². The first kappa shape index (κ1) is 12.4. The molecule has 0 radical (unpaired) electrons. The summed E-state index contributed by atoms with van der Waals surface area (Å²) >= 11 is 1.29. The summed E-state index contributed by atoms with van der Waals surface area (Å²) in [5.41, 5.74) is 0. The Morgan fingerprint density at radius 3 is 2.88 bits per heavy atom. The van der Waals surface area contributed by atoms with Crippen LogP contribution in [0.25, 0.3) is 0 Å². The zero-order valence-corrected chi connectivity index (χ0v) is 9.66. The number of hydrogen-bond acceptors (Lipinski definition) is 4. The fraction of sp³-hybridized carbons (Fsp3) is 0.444. The highest BCUT2D eigenvalue weighted by molar-refractivity contribution is 7.13. The van der Waals surface area contributed by atoms with Crippen molar-refractivity contribution in [1.82, 2.24) is 9.88 Å². The molecule has 1 rings (SSSR count). The first-order chi connectivity index (χ1) is 7.63. The number of aliphatic carboxylic acids is 1. The third-order valence-electron chi connectivity index (χ3n) is 1.75. The maximum atomic E-state index is 11.7. The number of aromatic nitrogens is 1. The monoisotopic (exact) mass is 243 g/mol. The van der Waals surface area contributed by atoms with E-state index >= 15 is 0 Å². The molecular formula is C9H13N3O3S. The Bertz CT molecular complexity index is 353. The van der Waals surface area contributed by atoms with E-state index in [1.165, 1.54) is 16.2 Å². The minimum atomic E-state index is -1.03. The number of nitrogens with zero attached hydrogens (tertiary/aromatic N) is 2. The van der Waals surface area contributed by atoms with E-state index in [1.54, 1.807) is 11.6 Å². The minimum Gasteiger partial charge on any atom is -0.480 e. The fourth-order valence-electron chi connectivity index (χ4n) is 1.14. The molecule has 0 saturated carbocycles. The molecule has 0 atom stereocenters. The molecular weight excluding hydrogens is 230 g/mol. The summed E-state index contributed by atoms with van der Waals surface area (Å²) in [6, 6.07) is -0.431. The maximum absolute atomic E-state index is 11.7. The number of carbonyl (C=O) groups is 2. The molecule has 2 amide bonds. The SMILES string of the molecule is CCCN(CC(=O)O)C(=O)Nc1nccs1. The van der Waals surface area contributed by atoms with Crippen LogP contribution in [0.3, 0.4) is 0 Å². The van der Waals surface area contributed by atoms with Crippen LogP contribution in [0.5, 0.6) is 0 Å². The van der Waals surface area contributed by atoms with Gasteiger partial charge in [0, 0.05) is 18.1 Å². The van der Waals surface area contributed by atoms with E-state index < -0.39 is 12.0 Å². The lowest BCUT2D eigenvalue weighted by molar-refractivity contribution is -0.137. The van der Waals surface area contributed by atoms with Crippen molar-refractivity contribution in [2.45, 2.75) is 13.3 Å². The van der Waals surface area contributed by atoms with Crippen LogP contribution in [-0.2, 0) is 4.79 Å². The third-order valence-corrected chi connectivity index (χ3v) is 2.44. The molecule has 0 aromatic carbocycles. The summed E-state index contributed by atoms with van der Waals surface area (Å²) in [5.74, 6) is -1.03. The number of amides is 2. The number of hydrogen-bond donors (Lipinski definition) is 2. The quantitative estimate of drug-likeness (QED) is 0.820. The van der Waals surface area contributed by atoms with E-state index in [2.05, 4.69) is 10.3 Å². The fourth-order valence-corrected chi connectivity index (χ4v) is 1.66. The van der Waals surface area contributed by atoms with E-state index in [0.29, 0.717) is 18.1 Å². The molecule has 2 N–H and O–H groups in total. The molecule has 88 valence electrons. The molecule has 0 aliphatic heterocycles. The number of anilines is 1. The Labute approximate surface area is 96.9 Å². The van der Waals surface area contributed by atoms with Crippen molar-refractivity contribution >= 4 is 28.5 Å². The summed E-state index contributed by atoms with van der Waals surface area (Å²) in [6.07, 6.45) is 2.28. The molecule has 0 bridgehead atoms. The van der Waals surface area contributed by atoms with Gasteiger partial charge >= 0.3 is 12.0 Å². The first-order valence-electron chi connectivity index (χ1n) is 4.80. The lowest BCUT2D eigenvalue weighted by atomic mass is 10.4. The summed E-state index contributed by atoms with van der Waals surface area (Å²) in [7, 11) is 0. The highest BCUT2D eigenvalue weighted by Crippen LogP contribution is 2.11. The summed E-state index contributed by atoms with van der Waals surface area (Å²) < 4.78 is 0. The van der Waals surface area contributed by atoms with Gasteiger partial charge in [-0.25, -0.2) is 9.78 Å². The Morgan fingerprint density at radius 1 is 1.62 bits per heavy atom. The number of rotatable bonds is 5. The second-order valence-corrected chi connectivity index (χ2v) is 3.98. The van der Waals surface area contributed by atoms with Crippen molar-refractivity contribution < 1.29 is 14.7 Å². The van der Waals surface area contributed by atoms with E-state index in [4.69, 9.17) is 5.11 Å². The van der Waals surface area contributed by atoms with Gasteiger partial charge in [0.15, 0.2) is 5.13 Å². The van der Waals surface area contributed by atoms with Crippen molar-refractivity contribution in [2.24, 2.45) is 0 Å². The molecule has 6 nitrogen and oxygen atoms in total. The van der Waals surface area contributed by atoms with Gasteiger partial charge in [0.2, 0.25) is 0 Å². The van der Waals surface area contributed by atoms with Crippen LogP contribution in [0, 0.1) is 0 Å². The molecule has 0 fully saturated rings. The second kappa shape index (κ2) is 6.06. The van der Waals surface area contributed by atoms with Gasteiger partial charge in [0.1, 0.15) is 6.54 Å². The van der Waals surface area contributed by atoms with Crippen LogP contribution in [-0.4, -0.2) is 40.1 Å². The van der Waals surface area contributed by atoms with E-state index in [1.807, 2.05) is 6.92 Å². The smallest absolute Gasteiger partial charge is 0.324 e. The van der Waals surface area contributed by atoms with Crippen LogP contribution >= 0.6 is 11.3 Å². The number of nitrogens with one attached hydrogen (secondary N) is 1. The predicted molar refractivity (Wildman–Crippen MR) is 60.6 cm³/mol. The molecule has 0 spiro atoms. The van der Waals surface area contributed by atoms with Gasteiger partial charge in [-0.2, -0.15) is 0 Å². The summed E-state index contributed by atoms with van der Waals surface area (Å²) in [5, 5.41) is 13.4. The molecule has 0 unspecified atom stereocenters. The molecule has 0 aliphatic carbocycles. The average molecular weight is 243 g/mol. The number of carbonyl (C=O) groups excluding carboxylic acids is 1. The Kier molecular flexibility index (Phi) is 4.71. The molecule has 0 aliphatic rings. The number of urea groups is 1. The van der Waals surface area contributed by atoms with Crippen LogP contribution in [0.2, 0.25) is 0 Å². The van der Waals surface area contributed by atoms with Gasteiger partial charge in [0.05, 0.1) is 0 Å². The molecule has 16 heavy (non-hydrogen) atoms. The largest absolute Gasteiger partial charge is 0.480 e. The van der Waals surface area contributed by atoms with E-state index in [0.717, 1.165) is 0 Å². The maximum Gasteiger partial charge on any atom is 0.324 e. The molecule has 1 aromatic rings. The number of carboxylic acids is 1. The van der Waals surface area contributed by atoms with Gasteiger partial charge in [-0.3, -0.25) is 10.1 Å². The van der Waals surface area contributed by atoms with Gasteiger partial charge in [0.25, 0.3) is 0 Å². The lowest BCUT2D eigenvalue weighted by Crippen LogP contribution is -2.39. The van der Waals surface area contributed by atoms with Crippen molar-refractivity contribution in [3.05, 3.63) is 11.6 Å². The van der Waals surface area contributed by atoms with E-state index in [-0.39, 0.29) is 6.54 Å². The Morgan fingerprint density at radius 2 is 2.38 bits per heavy atom. The van der Waals surface area contributed by atoms with Gasteiger partial charge in [-0.05, 0) is 6.42 Å². The van der Waals surface area contributed by atoms with Crippen LogP contribution in [0.4, 0.5) is 9.93 Å². The topological polar surface area (TPSA) is 82.5 Å². The molecule has 0 saturated heterocycles. The van der Waals surface area contributed by atoms with Crippen molar-refractivity contribution in [2.75, 3.05) is 18.4 Å². The molecule has 1 aromatic heterocycles. The van der Waals surface area contributed by atoms with Crippen LogP contribution in [0.15, 0.2) is 11.6 Å². The van der Waals surface area contributed by atoms with Gasteiger partial charge in [-0.15, -0.1) is 11.3 Å². The van der Waals surface area contributed by atoms with Gasteiger partial charge in [-0.1, -0.05) is 6.92 Å². The first-order valence-corrected chi connectivity index (χ1v) is 5.68. The average Bonchev–Trinajstić information content (AvgIpc) is 2.69. The zero-order chi connectivity index (χ0) is 12.0. The lowest BCUT2D eigenvalue weighted by Gasteiger charge is -2.19. The second-order valence-electron chi connectivity index (χ2n) is 3.08. The number of thiazole rings is 1. The highest BCUT2D eigenvalue weighted by Gasteiger charge is 2.16. The number of carboxylic acid groups (broad SMARTS) is 1. The molecule has 1 heterocycles. The standard InChI is InChI=1S/C9H13N3O3S/c1-2-4-12(6-7(13)14)9(15)11-8-10-3-5-16-8/h3,5H,2,4,6H2,1H3,(H,13,14)(H,10,11,15). The Hall–Kier alpha value is -1.63. The summed E-state index contributed by atoms with van der Waals surface area (Å²) in [6.45, 7) is 1.99.